The van der Waals surface area contributed by atoms with Crippen molar-refractivity contribution in [1.29, 1.82) is 0 Å². The molecule has 3 heterocycles. The van der Waals surface area contributed by atoms with Crippen molar-refractivity contribution in [2.75, 3.05) is 42.7 Å². The Morgan fingerprint density at radius 2 is 1.83 bits per heavy atom. The number of nitrogens with zero attached hydrogens (tertiary/aromatic N) is 4. The average Bonchev–Trinajstić information content (AvgIpc) is 2.87. The van der Waals surface area contributed by atoms with Gasteiger partial charge in [0.05, 0.1) is 24.2 Å². The summed E-state index contributed by atoms with van der Waals surface area (Å²) in [6.45, 7) is 2.08. The summed E-state index contributed by atoms with van der Waals surface area (Å²) in [6.07, 6.45) is 5.72. The number of sulfone groups is 1. The SMILES string of the molecule is O=S1(=O)C[C@@H]2[C@H](C1)N(CCCCCF)CCN2c1ncccn1. The first-order chi connectivity index (χ1) is 11.1. The molecule has 0 aliphatic carbocycles. The lowest BCUT2D eigenvalue weighted by Gasteiger charge is -2.43. The maximum Gasteiger partial charge on any atom is 0.225 e. The highest BCUT2D eigenvalue weighted by molar-refractivity contribution is 7.91. The van der Waals surface area contributed by atoms with Crippen LogP contribution in [0.25, 0.3) is 0 Å². The molecule has 0 spiro atoms. The summed E-state index contributed by atoms with van der Waals surface area (Å²) in [7, 11) is -3.04. The summed E-state index contributed by atoms with van der Waals surface area (Å²) in [5, 5.41) is 0. The molecule has 2 aliphatic heterocycles. The van der Waals surface area contributed by atoms with Gasteiger partial charge < -0.3 is 4.90 Å². The van der Waals surface area contributed by atoms with E-state index in [9.17, 15) is 12.8 Å². The molecule has 128 valence electrons. The lowest BCUT2D eigenvalue weighted by atomic mass is 10.0. The maximum atomic E-state index is 12.2. The third-order valence-electron chi connectivity index (χ3n) is 4.68. The summed E-state index contributed by atoms with van der Waals surface area (Å²) >= 11 is 0. The van der Waals surface area contributed by atoms with Crippen LogP contribution >= 0.6 is 0 Å². The van der Waals surface area contributed by atoms with Crippen molar-refractivity contribution in [3.05, 3.63) is 18.5 Å². The van der Waals surface area contributed by atoms with Crippen LogP contribution in [0.2, 0.25) is 0 Å². The first-order valence-electron chi connectivity index (χ1n) is 8.15. The minimum Gasteiger partial charge on any atom is -0.334 e. The van der Waals surface area contributed by atoms with Gasteiger partial charge in [-0.05, 0) is 31.9 Å². The van der Waals surface area contributed by atoms with Gasteiger partial charge in [-0.1, -0.05) is 0 Å². The van der Waals surface area contributed by atoms with E-state index in [1.54, 1.807) is 18.5 Å². The average molecular weight is 342 g/mol. The van der Waals surface area contributed by atoms with Crippen molar-refractivity contribution < 1.29 is 12.8 Å². The standard InChI is InChI=1S/C15H23FN4O2S/c16-5-2-1-3-8-19-9-10-20(15-17-6-4-7-18-15)14-12-23(21,22)11-13(14)19/h4,6-7,13-14H,1-3,5,8-12H2/t13-,14+/m0/s1. The predicted octanol–water partition coefficient (Wildman–Crippen LogP) is 0.904. The number of fused-ring (bicyclic) bond motifs is 1. The van der Waals surface area contributed by atoms with Crippen molar-refractivity contribution in [1.82, 2.24) is 14.9 Å². The van der Waals surface area contributed by atoms with E-state index in [4.69, 9.17) is 0 Å². The molecule has 0 radical (unpaired) electrons. The fourth-order valence-electron chi connectivity index (χ4n) is 3.58. The van der Waals surface area contributed by atoms with Crippen LogP contribution in [0.3, 0.4) is 0 Å². The Hall–Kier alpha value is -1.28. The molecular formula is C15H23FN4O2S. The largest absolute Gasteiger partial charge is 0.334 e. The monoisotopic (exact) mass is 342 g/mol. The van der Waals surface area contributed by atoms with Crippen LogP contribution in [-0.2, 0) is 9.84 Å². The van der Waals surface area contributed by atoms with E-state index in [2.05, 4.69) is 14.9 Å². The number of piperazine rings is 1. The molecular weight excluding hydrogens is 319 g/mol. The molecule has 2 atom stereocenters. The van der Waals surface area contributed by atoms with E-state index in [-0.39, 0.29) is 30.3 Å². The second-order valence-corrected chi connectivity index (χ2v) is 8.39. The molecule has 6 nitrogen and oxygen atoms in total. The molecule has 3 rings (SSSR count). The molecule has 0 aromatic carbocycles. The van der Waals surface area contributed by atoms with Crippen LogP contribution < -0.4 is 4.90 Å². The molecule has 2 aliphatic rings. The zero-order chi connectivity index (χ0) is 16.3. The molecule has 0 N–H and O–H groups in total. The van der Waals surface area contributed by atoms with Gasteiger partial charge >= 0.3 is 0 Å². The Labute approximate surface area is 136 Å². The van der Waals surface area contributed by atoms with Crippen molar-refractivity contribution in [3.8, 4) is 0 Å². The Kier molecular flexibility index (Phi) is 5.11. The van der Waals surface area contributed by atoms with Gasteiger partial charge in [-0.3, -0.25) is 9.29 Å². The molecule has 0 unspecified atom stereocenters. The third kappa shape index (κ3) is 3.80. The van der Waals surface area contributed by atoms with Gasteiger partial charge in [0.2, 0.25) is 5.95 Å². The zero-order valence-electron chi connectivity index (χ0n) is 13.1. The molecule has 0 amide bonds. The van der Waals surface area contributed by atoms with E-state index < -0.39 is 9.84 Å². The van der Waals surface area contributed by atoms with Crippen LogP contribution in [0, 0.1) is 0 Å². The van der Waals surface area contributed by atoms with Crippen LogP contribution in [0.4, 0.5) is 10.3 Å². The Bertz CT molecular complexity index is 613. The summed E-state index contributed by atoms with van der Waals surface area (Å²) in [5.74, 6) is 0.970. The van der Waals surface area contributed by atoms with Gasteiger partial charge in [0.15, 0.2) is 9.84 Å². The third-order valence-corrected chi connectivity index (χ3v) is 6.38. The minimum absolute atomic E-state index is 0.0112. The van der Waals surface area contributed by atoms with Gasteiger partial charge in [-0.2, -0.15) is 0 Å². The number of halogens is 1. The van der Waals surface area contributed by atoms with E-state index in [1.165, 1.54) is 0 Å². The van der Waals surface area contributed by atoms with Crippen molar-refractivity contribution in [2.45, 2.75) is 31.3 Å². The summed E-state index contributed by atoms with van der Waals surface area (Å²) in [6, 6.07) is 1.66. The lowest BCUT2D eigenvalue weighted by molar-refractivity contribution is 0.163. The fourth-order valence-corrected chi connectivity index (χ4v) is 5.59. The highest BCUT2D eigenvalue weighted by Gasteiger charge is 2.47. The second kappa shape index (κ2) is 7.09. The Morgan fingerprint density at radius 3 is 2.57 bits per heavy atom. The predicted molar refractivity (Wildman–Crippen MR) is 87.0 cm³/mol. The number of alkyl halides is 1. The summed E-state index contributed by atoms with van der Waals surface area (Å²) < 4.78 is 36.5. The van der Waals surface area contributed by atoms with Gasteiger partial charge in [0.25, 0.3) is 0 Å². The normalized spacial score (nSPS) is 27.1. The van der Waals surface area contributed by atoms with E-state index >= 15 is 0 Å². The van der Waals surface area contributed by atoms with Crippen LogP contribution in [0.1, 0.15) is 19.3 Å². The number of hydrogen-bond acceptors (Lipinski definition) is 6. The molecule has 2 saturated heterocycles. The van der Waals surface area contributed by atoms with Gasteiger partial charge in [-0.15, -0.1) is 0 Å². The topological polar surface area (TPSA) is 66.4 Å². The smallest absolute Gasteiger partial charge is 0.225 e. The van der Waals surface area contributed by atoms with E-state index in [0.717, 1.165) is 32.5 Å². The minimum atomic E-state index is -3.04. The van der Waals surface area contributed by atoms with E-state index in [0.29, 0.717) is 12.4 Å². The number of unbranched alkanes of at least 4 members (excludes halogenated alkanes) is 2. The van der Waals surface area contributed by atoms with Crippen molar-refractivity contribution >= 4 is 15.8 Å². The van der Waals surface area contributed by atoms with Crippen molar-refractivity contribution in [3.63, 3.8) is 0 Å². The van der Waals surface area contributed by atoms with Gasteiger partial charge in [0.1, 0.15) is 0 Å². The van der Waals surface area contributed by atoms with Crippen LogP contribution in [-0.4, -0.2) is 73.2 Å². The lowest BCUT2D eigenvalue weighted by Crippen LogP contribution is -2.59. The van der Waals surface area contributed by atoms with Gasteiger partial charge in [0, 0.05) is 31.5 Å². The molecule has 2 fully saturated rings. The first-order valence-corrected chi connectivity index (χ1v) is 9.97. The molecule has 1 aromatic heterocycles. The second-order valence-electron chi connectivity index (χ2n) is 6.24. The molecule has 1 aromatic rings. The summed E-state index contributed by atoms with van der Waals surface area (Å²) in [5.41, 5.74) is 0. The molecule has 23 heavy (non-hydrogen) atoms. The molecule has 0 saturated carbocycles. The number of hydrogen-bond donors (Lipinski definition) is 0. The zero-order valence-corrected chi connectivity index (χ0v) is 14.0. The van der Waals surface area contributed by atoms with Crippen LogP contribution in [0.15, 0.2) is 18.5 Å². The van der Waals surface area contributed by atoms with Crippen LogP contribution in [0.5, 0.6) is 0 Å². The Balaban J connectivity index is 1.72. The maximum absolute atomic E-state index is 12.2. The summed E-state index contributed by atoms with van der Waals surface area (Å²) in [4.78, 5) is 12.9. The van der Waals surface area contributed by atoms with E-state index in [1.807, 2.05) is 4.90 Å². The quantitative estimate of drug-likeness (QED) is 0.716. The highest BCUT2D eigenvalue weighted by atomic mass is 32.2. The fraction of sp³-hybridized carbons (Fsp3) is 0.733. The number of aromatic nitrogens is 2. The number of rotatable bonds is 6. The van der Waals surface area contributed by atoms with Crippen molar-refractivity contribution in [2.24, 2.45) is 0 Å². The van der Waals surface area contributed by atoms with Gasteiger partial charge in [-0.25, -0.2) is 18.4 Å². The first kappa shape index (κ1) is 16.6. The Morgan fingerprint density at radius 1 is 1.09 bits per heavy atom. The highest BCUT2D eigenvalue weighted by Crippen LogP contribution is 2.29. The number of anilines is 1. The molecule has 0 bridgehead atoms. The molecule has 8 heteroatoms.